The molecule has 5 aromatic rings. The van der Waals surface area contributed by atoms with Crippen LogP contribution >= 0.6 is 23.2 Å². The van der Waals surface area contributed by atoms with Gasteiger partial charge in [0.05, 0.1) is 58.5 Å². The number of halogens is 2. The van der Waals surface area contributed by atoms with Crippen molar-refractivity contribution in [1.29, 1.82) is 0 Å². The molecule has 0 aliphatic carbocycles. The maximum Gasteiger partial charge on any atom is 0.347 e. The van der Waals surface area contributed by atoms with E-state index in [0.29, 0.717) is 56.0 Å². The number of nitrogens with zero attached hydrogens (tertiary/aromatic N) is 1. The van der Waals surface area contributed by atoms with Crippen molar-refractivity contribution in [2.45, 2.75) is 32.6 Å². The molecule has 0 fully saturated rings. The van der Waals surface area contributed by atoms with Gasteiger partial charge in [-0.2, -0.15) is 0 Å². The fourth-order valence-corrected chi connectivity index (χ4v) is 5.72. The summed E-state index contributed by atoms with van der Waals surface area (Å²) < 4.78 is 37.8. The maximum absolute atomic E-state index is 13.2. The first-order valence-corrected chi connectivity index (χ1v) is 18.6. The highest BCUT2D eigenvalue weighted by Crippen LogP contribution is 2.38. The fourth-order valence-electron chi connectivity index (χ4n) is 5.15. The zero-order chi connectivity index (χ0) is 41.6. The Labute approximate surface area is 342 Å². The Morgan fingerprint density at radius 2 is 1.17 bits per heavy atom. The van der Waals surface area contributed by atoms with Crippen LogP contribution in [0.25, 0.3) is 22.4 Å². The Bertz CT molecular complexity index is 2350. The topological polar surface area (TPSA) is 167 Å². The lowest BCUT2D eigenvalue weighted by Gasteiger charge is -2.12. The van der Waals surface area contributed by atoms with Crippen molar-refractivity contribution in [3.63, 3.8) is 0 Å². The third-order valence-corrected chi connectivity index (χ3v) is 8.75. The summed E-state index contributed by atoms with van der Waals surface area (Å²) in [6.07, 6.45) is 4.75. The molecule has 0 radical (unpaired) electrons. The third-order valence-electron chi connectivity index (χ3n) is 8.18. The molecular weight excluding hydrogens is 793 g/mol. The van der Waals surface area contributed by atoms with Gasteiger partial charge < -0.3 is 32.8 Å². The minimum absolute atomic E-state index is 0.0408. The van der Waals surface area contributed by atoms with Crippen molar-refractivity contribution in [3.05, 3.63) is 135 Å². The number of ether oxygens (including phenoxy) is 6. The Kier molecular flexibility index (Phi) is 15.2. The maximum atomic E-state index is 13.2. The lowest BCUT2D eigenvalue weighted by Crippen LogP contribution is -2.11. The number of rotatable bonds is 19. The first kappa shape index (κ1) is 42.7. The molecule has 0 bridgehead atoms. The van der Waals surface area contributed by atoms with Gasteiger partial charge in [-0.1, -0.05) is 36.4 Å². The lowest BCUT2D eigenvalue weighted by molar-refractivity contribution is -0.138. The zero-order valence-electron chi connectivity index (χ0n) is 31.3. The Morgan fingerprint density at radius 1 is 0.690 bits per heavy atom. The Balaban J connectivity index is 1.18. The molecule has 4 aromatic carbocycles. The quantitative estimate of drug-likeness (QED) is 0.0336. The molecule has 58 heavy (non-hydrogen) atoms. The molecule has 300 valence electrons. The fraction of sp³-hybridized carbons (Fsp3) is 0.209. The van der Waals surface area contributed by atoms with Gasteiger partial charge in [-0.05, 0) is 111 Å². The highest BCUT2D eigenvalue weighted by Gasteiger charge is 2.20. The van der Waals surface area contributed by atoms with E-state index in [9.17, 15) is 24.0 Å². The molecule has 0 aliphatic heterocycles. The largest absolute Gasteiger partial charge is 0.494 e. The number of aryl methyl sites for hydroxylation is 1. The van der Waals surface area contributed by atoms with Crippen molar-refractivity contribution < 1.29 is 52.0 Å². The van der Waals surface area contributed by atoms with Gasteiger partial charge in [0.15, 0.2) is 5.75 Å². The number of carbonyl (C=O) groups excluding carboxylic acids is 4. The molecule has 0 spiro atoms. The van der Waals surface area contributed by atoms with Crippen LogP contribution in [-0.4, -0.2) is 55.3 Å². The summed E-state index contributed by atoms with van der Waals surface area (Å²) >= 11 is 13.0. The Morgan fingerprint density at radius 3 is 1.67 bits per heavy atom. The number of esters is 4. The molecule has 1 aromatic heterocycles. The standard InChI is InChI=1S/C43H37Cl2NO12/c1-4-37(47)54-20-8-6-18-52-30-14-10-27(11-15-30)41(49)56-36-25-32-35(22-26(36)3)46-40(58-43(32)51)29-23-33(44)39(34(45)24-29)57-42(50)28-12-16-31(17-13-28)53-19-7-9-21-55-38(48)5-2/h4-5,10-17,22-25H,1-2,6-9,18-21H2,3H3. The van der Waals surface area contributed by atoms with Crippen LogP contribution in [-0.2, 0) is 19.1 Å². The van der Waals surface area contributed by atoms with Crippen molar-refractivity contribution in [3.8, 4) is 34.5 Å². The lowest BCUT2D eigenvalue weighted by atomic mass is 10.1. The number of hydrogen-bond acceptors (Lipinski definition) is 13. The summed E-state index contributed by atoms with van der Waals surface area (Å²) in [7, 11) is 0. The molecule has 0 N–H and O–H groups in total. The van der Waals surface area contributed by atoms with Crippen LogP contribution in [0.15, 0.2) is 107 Å². The first-order valence-electron chi connectivity index (χ1n) is 17.9. The normalized spacial score (nSPS) is 10.7. The molecule has 1 heterocycles. The highest BCUT2D eigenvalue weighted by atomic mass is 35.5. The second kappa shape index (κ2) is 20.6. The molecule has 15 heteroatoms. The SMILES string of the molecule is C=CC(=O)OCCCCOc1ccc(C(=O)Oc2cc3c(=O)oc(-c4cc(Cl)c(OC(=O)c5ccc(OCCCCOC(=O)C=C)cc5)c(Cl)c4)nc3cc2C)cc1. The van der Waals surface area contributed by atoms with E-state index in [1.165, 1.54) is 30.3 Å². The molecule has 0 saturated carbocycles. The summed E-state index contributed by atoms with van der Waals surface area (Å²) in [4.78, 5) is 65.7. The minimum Gasteiger partial charge on any atom is -0.494 e. The van der Waals surface area contributed by atoms with E-state index in [1.807, 2.05) is 0 Å². The molecular formula is C43H37Cl2NO12. The average Bonchev–Trinajstić information content (AvgIpc) is 3.22. The molecule has 13 nitrogen and oxygen atoms in total. The average molecular weight is 831 g/mol. The van der Waals surface area contributed by atoms with Crippen LogP contribution in [0.5, 0.6) is 23.0 Å². The number of hydrogen-bond donors (Lipinski definition) is 0. The van der Waals surface area contributed by atoms with E-state index in [-0.39, 0.29) is 68.2 Å². The van der Waals surface area contributed by atoms with Gasteiger partial charge in [0.1, 0.15) is 17.2 Å². The number of benzene rings is 4. The Hall–Kier alpha value is -6.44. The molecule has 0 amide bonds. The number of carbonyl (C=O) groups is 4. The van der Waals surface area contributed by atoms with Crippen LogP contribution in [0.1, 0.15) is 52.0 Å². The second-order valence-corrected chi connectivity index (χ2v) is 13.2. The monoisotopic (exact) mass is 829 g/mol. The summed E-state index contributed by atoms with van der Waals surface area (Å²) in [5.41, 5.74) is 0.717. The smallest absolute Gasteiger partial charge is 0.347 e. The van der Waals surface area contributed by atoms with Gasteiger partial charge >= 0.3 is 29.5 Å². The van der Waals surface area contributed by atoms with Gasteiger partial charge in [0.2, 0.25) is 5.89 Å². The zero-order valence-corrected chi connectivity index (χ0v) is 32.8. The van der Waals surface area contributed by atoms with Gasteiger partial charge in [-0.25, -0.2) is 29.0 Å². The molecule has 0 atom stereocenters. The van der Waals surface area contributed by atoms with Crippen molar-refractivity contribution in [2.24, 2.45) is 0 Å². The van der Waals surface area contributed by atoms with E-state index in [1.54, 1.807) is 49.4 Å². The van der Waals surface area contributed by atoms with E-state index in [2.05, 4.69) is 18.1 Å². The van der Waals surface area contributed by atoms with E-state index >= 15 is 0 Å². The van der Waals surface area contributed by atoms with Crippen LogP contribution in [0.2, 0.25) is 10.0 Å². The van der Waals surface area contributed by atoms with Gasteiger partial charge in [-0.3, -0.25) is 0 Å². The van der Waals surface area contributed by atoms with Crippen molar-refractivity contribution in [2.75, 3.05) is 26.4 Å². The first-order chi connectivity index (χ1) is 27.9. The summed E-state index contributed by atoms with van der Waals surface area (Å²) in [6, 6.07) is 18.4. The summed E-state index contributed by atoms with van der Waals surface area (Å²) in [5.74, 6) is -1.33. The van der Waals surface area contributed by atoms with Gasteiger partial charge in [-0.15, -0.1) is 0 Å². The third kappa shape index (κ3) is 11.8. The number of unbranched alkanes of at least 4 members (excludes halogenated alkanes) is 2. The molecule has 0 saturated heterocycles. The van der Waals surface area contributed by atoms with E-state index in [4.69, 9.17) is 56.0 Å². The summed E-state index contributed by atoms with van der Waals surface area (Å²) in [5, 5.41) is -0.0207. The summed E-state index contributed by atoms with van der Waals surface area (Å²) in [6.45, 7) is 9.68. The van der Waals surface area contributed by atoms with E-state index in [0.717, 1.165) is 12.2 Å². The van der Waals surface area contributed by atoms with Crippen LogP contribution in [0.3, 0.4) is 0 Å². The number of fused-ring (bicyclic) bond motifs is 1. The highest BCUT2D eigenvalue weighted by molar-refractivity contribution is 6.37. The number of aromatic nitrogens is 1. The van der Waals surface area contributed by atoms with Crippen LogP contribution in [0, 0.1) is 6.92 Å². The molecule has 5 rings (SSSR count). The molecule has 0 unspecified atom stereocenters. The van der Waals surface area contributed by atoms with Crippen LogP contribution in [0.4, 0.5) is 0 Å². The van der Waals surface area contributed by atoms with Gasteiger partial charge in [0, 0.05) is 17.7 Å². The van der Waals surface area contributed by atoms with Crippen molar-refractivity contribution in [1.82, 2.24) is 4.98 Å². The minimum atomic E-state index is -0.762. The van der Waals surface area contributed by atoms with Crippen LogP contribution < -0.4 is 24.6 Å². The molecule has 0 aliphatic rings. The van der Waals surface area contributed by atoms with E-state index < -0.39 is 29.5 Å². The van der Waals surface area contributed by atoms with Gasteiger partial charge in [0.25, 0.3) is 0 Å². The predicted octanol–water partition coefficient (Wildman–Crippen LogP) is 8.69. The van der Waals surface area contributed by atoms with Crippen molar-refractivity contribution >= 4 is 58.0 Å². The second-order valence-electron chi connectivity index (χ2n) is 12.4. The predicted molar refractivity (Wildman–Crippen MR) is 215 cm³/mol.